The van der Waals surface area contributed by atoms with E-state index in [-0.39, 0.29) is 0 Å². The van der Waals surface area contributed by atoms with Crippen molar-refractivity contribution in [3.05, 3.63) is 52.2 Å². The minimum absolute atomic E-state index is 0.303. The van der Waals surface area contributed by atoms with Gasteiger partial charge in [0.1, 0.15) is 0 Å². The van der Waals surface area contributed by atoms with Gasteiger partial charge >= 0.3 is 0 Å². The van der Waals surface area contributed by atoms with Crippen molar-refractivity contribution in [2.45, 2.75) is 24.8 Å². The fraction of sp³-hybridized carbons (Fsp3) is 0.231. The Morgan fingerprint density at radius 1 is 1.06 bits per heavy atom. The van der Waals surface area contributed by atoms with Crippen LogP contribution < -0.4 is 4.72 Å². The maximum Gasteiger partial charge on any atom is 0.240 e. The van der Waals surface area contributed by atoms with Gasteiger partial charge in [-0.1, -0.05) is 25.1 Å². The molecular weight excluding hydrogens is 266 g/mol. The molecule has 1 N–H and O–H groups in total. The lowest BCUT2D eigenvalue weighted by atomic mass is 10.4. The van der Waals surface area contributed by atoms with Crippen LogP contribution in [0.5, 0.6) is 0 Å². The summed E-state index contributed by atoms with van der Waals surface area (Å²) in [5.41, 5.74) is 0. The molecule has 0 saturated carbocycles. The highest BCUT2D eigenvalue weighted by atomic mass is 32.2. The van der Waals surface area contributed by atoms with Crippen molar-refractivity contribution >= 4 is 21.4 Å². The van der Waals surface area contributed by atoms with E-state index >= 15 is 0 Å². The lowest BCUT2D eigenvalue weighted by molar-refractivity contribution is 0.582. The summed E-state index contributed by atoms with van der Waals surface area (Å²) in [4.78, 5) is 2.60. The van der Waals surface area contributed by atoms with Gasteiger partial charge in [0.25, 0.3) is 0 Å². The zero-order valence-corrected chi connectivity index (χ0v) is 11.7. The highest BCUT2D eigenvalue weighted by Gasteiger charge is 2.13. The zero-order chi connectivity index (χ0) is 13.0. The molecule has 0 saturated heterocycles. The molecule has 0 aliphatic carbocycles. The summed E-state index contributed by atoms with van der Waals surface area (Å²) in [6.07, 6.45) is 0.982. The topological polar surface area (TPSA) is 46.2 Å². The van der Waals surface area contributed by atoms with Gasteiger partial charge in [-0.05, 0) is 30.7 Å². The summed E-state index contributed by atoms with van der Waals surface area (Å²) in [5, 5.41) is 0. The molecule has 1 heterocycles. The highest BCUT2D eigenvalue weighted by molar-refractivity contribution is 7.89. The van der Waals surface area contributed by atoms with E-state index in [0.29, 0.717) is 11.4 Å². The number of benzene rings is 1. The number of hydrogen-bond acceptors (Lipinski definition) is 3. The fourth-order valence-corrected chi connectivity index (χ4v) is 3.57. The summed E-state index contributed by atoms with van der Waals surface area (Å²) in [6, 6.07) is 12.4. The van der Waals surface area contributed by atoms with Gasteiger partial charge in [0.2, 0.25) is 10.0 Å². The lowest BCUT2D eigenvalue weighted by Crippen LogP contribution is -2.22. The van der Waals surface area contributed by atoms with Crippen molar-refractivity contribution in [3.63, 3.8) is 0 Å². The molecule has 0 fully saturated rings. The summed E-state index contributed by atoms with van der Waals surface area (Å²) in [6.45, 7) is 2.44. The largest absolute Gasteiger partial charge is 0.240 e. The lowest BCUT2D eigenvalue weighted by Gasteiger charge is -2.04. The number of nitrogens with one attached hydrogen (secondary N) is 1. The third-order valence-electron chi connectivity index (χ3n) is 2.56. The minimum Gasteiger partial charge on any atom is -0.207 e. The van der Waals surface area contributed by atoms with E-state index < -0.39 is 10.0 Å². The monoisotopic (exact) mass is 281 g/mol. The van der Waals surface area contributed by atoms with Gasteiger partial charge in [-0.3, -0.25) is 0 Å². The molecule has 1 aromatic heterocycles. The molecule has 0 aliphatic heterocycles. The third-order valence-corrected chi connectivity index (χ3v) is 5.20. The molecule has 3 nitrogen and oxygen atoms in total. The van der Waals surface area contributed by atoms with Gasteiger partial charge < -0.3 is 0 Å². The third kappa shape index (κ3) is 3.19. The molecule has 0 unspecified atom stereocenters. The van der Waals surface area contributed by atoms with E-state index in [1.54, 1.807) is 41.7 Å². The maximum atomic E-state index is 12.0. The molecule has 2 aromatic rings. The minimum atomic E-state index is -3.40. The fourth-order valence-electron chi connectivity index (χ4n) is 1.56. The standard InChI is InChI=1S/C13H15NO2S2/c1-2-11-8-9-12(17-11)10-14-18(15,16)13-6-4-3-5-7-13/h3-9,14H,2,10H2,1H3. The smallest absolute Gasteiger partial charge is 0.207 e. The predicted molar refractivity (Wildman–Crippen MR) is 74.2 cm³/mol. The quantitative estimate of drug-likeness (QED) is 0.916. The Kier molecular flexibility index (Phi) is 4.16. The molecular formula is C13H15NO2S2. The second kappa shape index (κ2) is 5.65. The van der Waals surface area contributed by atoms with Gasteiger partial charge in [-0.2, -0.15) is 0 Å². The number of sulfonamides is 1. The van der Waals surface area contributed by atoms with Gasteiger partial charge in [0.05, 0.1) is 4.90 Å². The van der Waals surface area contributed by atoms with E-state index in [4.69, 9.17) is 0 Å². The Hall–Kier alpha value is -1.17. The Bertz CT molecular complexity index is 603. The second-order valence-corrected chi connectivity index (χ2v) is 6.88. The van der Waals surface area contributed by atoms with Crippen LogP contribution in [0.1, 0.15) is 16.7 Å². The normalized spacial score (nSPS) is 11.6. The van der Waals surface area contributed by atoms with Gasteiger partial charge in [0, 0.05) is 16.3 Å². The van der Waals surface area contributed by atoms with Crippen LogP contribution in [-0.2, 0) is 23.0 Å². The number of hydrogen-bond donors (Lipinski definition) is 1. The zero-order valence-electron chi connectivity index (χ0n) is 10.1. The molecule has 96 valence electrons. The van der Waals surface area contributed by atoms with Crippen molar-refractivity contribution < 1.29 is 8.42 Å². The first-order valence-corrected chi connectivity index (χ1v) is 8.04. The van der Waals surface area contributed by atoms with E-state index in [1.165, 1.54) is 4.88 Å². The van der Waals surface area contributed by atoms with E-state index in [1.807, 2.05) is 12.1 Å². The Morgan fingerprint density at radius 3 is 2.33 bits per heavy atom. The van der Waals surface area contributed by atoms with Crippen LogP contribution in [0, 0.1) is 0 Å². The van der Waals surface area contributed by atoms with Crippen LogP contribution in [0.25, 0.3) is 0 Å². The molecule has 18 heavy (non-hydrogen) atoms. The van der Waals surface area contributed by atoms with Crippen molar-refractivity contribution in [3.8, 4) is 0 Å². The number of thiophene rings is 1. The van der Waals surface area contributed by atoms with E-state index in [0.717, 1.165) is 11.3 Å². The van der Waals surface area contributed by atoms with E-state index in [2.05, 4.69) is 11.6 Å². The second-order valence-electron chi connectivity index (χ2n) is 3.86. The Labute approximate surface area is 112 Å². The summed E-state index contributed by atoms with van der Waals surface area (Å²) >= 11 is 1.64. The molecule has 0 atom stereocenters. The highest BCUT2D eigenvalue weighted by Crippen LogP contribution is 2.17. The van der Waals surface area contributed by atoms with Crippen molar-refractivity contribution in [1.29, 1.82) is 0 Å². The molecule has 0 radical (unpaired) electrons. The molecule has 0 aliphatic rings. The van der Waals surface area contributed by atoms with Gasteiger partial charge in [-0.25, -0.2) is 13.1 Å². The summed E-state index contributed by atoms with van der Waals surface area (Å²) in [7, 11) is -3.40. The van der Waals surface area contributed by atoms with E-state index in [9.17, 15) is 8.42 Å². The van der Waals surface area contributed by atoms with Gasteiger partial charge in [0.15, 0.2) is 0 Å². The average Bonchev–Trinajstić information content (AvgIpc) is 2.86. The maximum absolute atomic E-state index is 12.0. The van der Waals surface area contributed by atoms with Crippen LogP contribution in [0.4, 0.5) is 0 Å². The molecule has 2 rings (SSSR count). The number of rotatable bonds is 5. The van der Waals surface area contributed by atoms with Crippen LogP contribution in [-0.4, -0.2) is 8.42 Å². The first-order valence-electron chi connectivity index (χ1n) is 5.74. The van der Waals surface area contributed by atoms with Crippen LogP contribution in [0.2, 0.25) is 0 Å². The average molecular weight is 281 g/mol. The van der Waals surface area contributed by atoms with Crippen LogP contribution in [0.3, 0.4) is 0 Å². The van der Waals surface area contributed by atoms with Crippen molar-refractivity contribution in [2.24, 2.45) is 0 Å². The SMILES string of the molecule is CCc1ccc(CNS(=O)(=O)c2ccccc2)s1. The molecule has 0 bridgehead atoms. The number of aryl methyl sites for hydroxylation is 1. The van der Waals surface area contributed by atoms with Crippen LogP contribution >= 0.6 is 11.3 Å². The van der Waals surface area contributed by atoms with Gasteiger partial charge in [-0.15, -0.1) is 11.3 Å². The Morgan fingerprint density at radius 2 is 1.72 bits per heavy atom. The summed E-state index contributed by atoms with van der Waals surface area (Å²) < 4.78 is 26.6. The molecule has 1 aromatic carbocycles. The first-order chi connectivity index (χ1) is 8.62. The molecule has 0 amide bonds. The van der Waals surface area contributed by atoms with Crippen molar-refractivity contribution in [1.82, 2.24) is 4.72 Å². The predicted octanol–water partition coefficient (Wildman–Crippen LogP) is 2.79. The van der Waals surface area contributed by atoms with Crippen molar-refractivity contribution in [2.75, 3.05) is 0 Å². The first kappa shape index (κ1) is 13.3. The van der Waals surface area contributed by atoms with Crippen LogP contribution in [0.15, 0.2) is 47.4 Å². The molecule has 5 heteroatoms. The Balaban J connectivity index is 2.06. The molecule has 0 spiro atoms. The summed E-state index contributed by atoms with van der Waals surface area (Å²) in [5.74, 6) is 0.